The number of nitrogens with zero attached hydrogens (tertiary/aromatic N) is 2. The van der Waals surface area contributed by atoms with Crippen LogP contribution in [0.2, 0.25) is 0 Å². The highest BCUT2D eigenvalue weighted by atomic mass is 79.9. The fourth-order valence-corrected chi connectivity index (χ4v) is 3.41. The van der Waals surface area contributed by atoms with Crippen LogP contribution in [0.1, 0.15) is 12.0 Å². The summed E-state index contributed by atoms with van der Waals surface area (Å²) in [5, 5.41) is 5.10. The van der Waals surface area contributed by atoms with Crippen molar-refractivity contribution in [1.29, 1.82) is 0 Å². The van der Waals surface area contributed by atoms with Crippen molar-refractivity contribution in [2.24, 2.45) is 0 Å². The van der Waals surface area contributed by atoms with Gasteiger partial charge in [-0.3, -0.25) is 4.79 Å². The van der Waals surface area contributed by atoms with Crippen LogP contribution in [0.5, 0.6) is 0 Å². The van der Waals surface area contributed by atoms with Gasteiger partial charge in [-0.2, -0.15) is 11.3 Å². The molecule has 0 bridgehead atoms. The van der Waals surface area contributed by atoms with Gasteiger partial charge in [0.25, 0.3) is 0 Å². The van der Waals surface area contributed by atoms with Crippen molar-refractivity contribution < 1.29 is 4.79 Å². The van der Waals surface area contributed by atoms with E-state index in [-0.39, 0.29) is 5.91 Å². The Hall–Kier alpha value is -0.390. The monoisotopic (exact) mass is 330 g/mol. The second-order valence-corrected chi connectivity index (χ2v) is 6.15. The number of alkyl halides is 1. The number of halogens is 1. The molecule has 1 aromatic rings. The van der Waals surface area contributed by atoms with Crippen LogP contribution in [0, 0.1) is 0 Å². The average molecular weight is 331 g/mol. The van der Waals surface area contributed by atoms with Gasteiger partial charge >= 0.3 is 0 Å². The van der Waals surface area contributed by atoms with Gasteiger partial charge in [-0.25, -0.2) is 0 Å². The summed E-state index contributed by atoms with van der Waals surface area (Å²) in [6, 6.07) is 2.04. The van der Waals surface area contributed by atoms with E-state index < -0.39 is 0 Å². The lowest BCUT2D eigenvalue weighted by atomic mass is 10.2. The van der Waals surface area contributed by atoms with E-state index in [1.54, 1.807) is 11.3 Å². The molecule has 100 valence electrons. The molecule has 18 heavy (non-hydrogen) atoms. The lowest BCUT2D eigenvalue weighted by molar-refractivity contribution is -0.130. The summed E-state index contributed by atoms with van der Waals surface area (Å²) in [5.74, 6) is 0.272. The van der Waals surface area contributed by atoms with Crippen LogP contribution >= 0.6 is 27.3 Å². The molecule has 0 spiro atoms. The molecule has 0 N–H and O–H groups in total. The summed E-state index contributed by atoms with van der Waals surface area (Å²) >= 11 is 5.13. The molecule has 1 aliphatic heterocycles. The Bertz CT molecular complexity index is 369. The molecule has 3 nitrogen and oxygen atoms in total. The third-order valence-corrected chi connectivity index (χ3v) is 4.36. The molecule has 1 aliphatic rings. The zero-order chi connectivity index (χ0) is 12.8. The van der Waals surface area contributed by atoms with Crippen LogP contribution in [-0.2, 0) is 11.2 Å². The second-order valence-electron chi connectivity index (χ2n) is 4.57. The topological polar surface area (TPSA) is 23.6 Å². The van der Waals surface area contributed by atoms with Gasteiger partial charge in [0.15, 0.2) is 0 Å². The van der Waals surface area contributed by atoms with Crippen molar-refractivity contribution in [2.75, 3.05) is 38.1 Å². The van der Waals surface area contributed by atoms with Gasteiger partial charge in [-0.15, -0.1) is 0 Å². The zero-order valence-corrected chi connectivity index (χ0v) is 12.9. The molecule has 0 aromatic carbocycles. The molecule has 2 rings (SSSR count). The molecule has 2 heterocycles. The van der Waals surface area contributed by atoms with Crippen molar-refractivity contribution >= 4 is 33.2 Å². The molecule has 0 unspecified atom stereocenters. The summed E-state index contributed by atoms with van der Waals surface area (Å²) in [6.07, 6.45) is 1.64. The zero-order valence-electron chi connectivity index (χ0n) is 10.5. The Morgan fingerprint density at radius 1 is 1.33 bits per heavy atom. The maximum Gasteiger partial charge on any atom is 0.227 e. The number of amides is 1. The molecule has 0 radical (unpaired) electrons. The van der Waals surface area contributed by atoms with Crippen molar-refractivity contribution in [3.63, 3.8) is 0 Å². The largest absolute Gasteiger partial charge is 0.341 e. The third-order valence-electron chi connectivity index (χ3n) is 3.28. The summed E-state index contributed by atoms with van der Waals surface area (Å²) in [5.41, 5.74) is 1.14. The molecular formula is C13H19BrN2OS. The number of rotatable bonds is 4. The van der Waals surface area contributed by atoms with E-state index in [2.05, 4.69) is 26.2 Å². The minimum atomic E-state index is 0.272. The Balaban J connectivity index is 1.83. The average Bonchev–Trinajstić information content (AvgIpc) is 2.74. The molecule has 0 atom stereocenters. The number of thiophene rings is 1. The third kappa shape index (κ3) is 4.07. The molecule has 1 amide bonds. The Morgan fingerprint density at radius 2 is 2.22 bits per heavy atom. The lowest BCUT2D eigenvalue weighted by Gasteiger charge is -2.21. The van der Waals surface area contributed by atoms with Crippen LogP contribution in [0.4, 0.5) is 0 Å². The first-order valence-corrected chi connectivity index (χ1v) is 8.43. The molecule has 0 aliphatic carbocycles. The van der Waals surface area contributed by atoms with E-state index in [1.807, 2.05) is 16.3 Å². The van der Waals surface area contributed by atoms with Crippen LogP contribution in [0.3, 0.4) is 0 Å². The fourth-order valence-electron chi connectivity index (χ4n) is 2.24. The molecular weight excluding hydrogens is 312 g/mol. The van der Waals surface area contributed by atoms with E-state index in [1.165, 1.54) is 0 Å². The van der Waals surface area contributed by atoms with Crippen LogP contribution in [0.15, 0.2) is 16.8 Å². The van der Waals surface area contributed by atoms with E-state index >= 15 is 0 Å². The van der Waals surface area contributed by atoms with E-state index in [9.17, 15) is 4.79 Å². The standard InChI is InChI=1S/C13H19BrN2OS/c14-3-6-15-4-1-5-16(8-7-15)13(17)10-12-2-9-18-11-12/h2,9,11H,1,3-8,10H2. The normalized spacial score (nSPS) is 17.7. The smallest absolute Gasteiger partial charge is 0.227 e. The highest BCUT2D eigenvalue weighted by Gasteiger charge is 2.18. The van der Waals surface area contributed by atoms with Gasteiger partial charge in [0.1, 0.15) is 0 Å². The predicted molar refractivity (Wildman–Crippen MR) is 79.5 cm³/mol. The SMILES string of the molecule is O=C(Cc1ccsc1)N1CCCN(CCBr)CC1. The van der Waals surface area contributed by atoms with Crippen LogP contribution in [-0.4, -0.2) is 53.8 Å². The van der Waals surface area contributed by atoms with Gasteiger partial charge in [0, 0.05) is 31.5 Å². The van der Waals surface area contributed by atoms with E-state index in [0.29, 0.717) is 6.42 Å². The van der Waals surface area contributed by atoms with Crippen molar-refractivity contribution in [1.82, 2.24) is 9.80 Å². The van der Waals surface area contributed by atoms with Gasteiger partial charge < -0.3 is 9.80 Å². The predicted octanol–water partition coefficient (Wildman–Crippen LogP) is 2.22. The highest BCUT2D eigenvalue weighted by Crippen LogP contribution is 2.10. The summed E-state index contributed by atoms with van der Waals surface area (Å²) in [6.45, 7) is 4.96. The summed E-state index contributed by atoms with van der Waals surface area (Å²) in [4.78, 5) is 16.6. The van der Waals surface area contributed by atoms with Gasteiger partial charge in [0.05, 0.1) is 6.42 Å². The molecule has 1 saturated heterocycles. The second kappa shape index (κ2) is 7.26. The van der Waals surface area contributed by atoms with Crippen LogP contribution < -0.4 is 0 Å². The Morgan fingerprint density at radius 3 is 2.94 bits per heavy atom. The number of hydrogen-bond donors (Lipinski definition) is 0. The van der Waals surface area contributed by atoms with Crippen molar-refractivity contribution in [2.45, 2.75) is 12.8 Å². The quantitative estimate of drug-likeness (QED) is 0.790. The Kier molecular flexibility index (Phi) is 5.66. The molecule has 1 aromatic heterocycles. The van der Waals surface area contributed by atoms with Gasteiger partial charge in [-0.1, -0.05) is 15.9 Å². The minimum Gasteiger partial charge on any atom is -0.341 e. The van der Waals surface area contributed by atoms with Gasteiger partial charge in [-0.05, 0) is 35.4 Å². The van der Waals surface area contributed by atoms with Crippen LogP contribution in [0.25, 0.3) is 0 Å². The summed E-state index contributed by atoms with van der Waals surface area (Å²) < 4.78 is 0. The van der Waals surface area contributed by atoms with Crippen molar-refractivity contribution in [3.8, 4) is 0 Å². The maximum absolute atomic E-state index is 12.2. The highest BCUT2D eigenvalue weighted by molar-refractivity contribution is 9.09. The van der Waals surface area contributed by atoms with E-state index in [4.69, 9.17) is 0 Å². The maximum atomic E-state index is 12.2. The van der Waals surface area contributed by atoms with E-state index in [0.717, 1.165) is 50.0 Å². The first kappa shape index (κ1) is 14.0. The number of carbonyl (C=O) groups excluding carboxylic acids is 1. The lowest BCUT2D eigenvalue weighted by Crippen LogP contribution is -2.36. The molecule has 1 fully saturated rings. The first-order chi connectivity index (χ1) is 8.79. The fraction of sp³-hybridized carbons (Fsp3) is 0.615. The summed E-state index contributed by atoms with van der Waals surface area (Å²) in [7, 11) is 0. The van der Waals surface area contributed by atoms with Crippen molar-refractivity contribution in [3.05, 3.63) is 22.4 Å². The molecule has 5 heteroatoms. The number of hydrogen-bond acceptors (Lipinski definition) is 3. The van der Waals surface area contributed by atoms with Gasteiger partial charge in [0.2, 0.25) is 5.91 Å². The Labute approximate surface area is 121 Å². The number of carbonyl (C=O) groups is 1. The minimum absolute atomic E-state index is 0.272. The first-order valence-electron chi connectivity index (χ1n) is 6.37. The molecule has 0 saturated carbocycles.